The Bertz CT molecular complexity index is 508. The fourth-order valence-corrected chi connectivity index (χ4v) is 3.04. The first-order valence-corrected chi connectivity index (χ1v) is 6.39. The molecule has 19 heavy (non-hydrogen) atoms. The third-order valence-corrected chi connectivity index (χ3v) is 3.71. The molecule has 1 atom stereocenters. The molecule has 0 amide bonds. The van der Waals surface area contributed by atoms with Crippen LogP contribution in [0.4, 0.5) is 8.78 Å². The molecular weight excluding hydrogens is 246 g/mol. The van der Waals surface area contributed by atoms with Gasteiger partial charge in [-0.15, -0.1) is 0 Å². The van der Waals surface area contributed by atoms with E-state index >= 15 is 0 Å². The summed E-state index contributed by atoms with van der Waals surface area (Å²) < 4.78 is 28.0. The Labute approximate surface area is 112 Å². The van der Waals surface area contributed by atoms with E-state index in [1.807, 2.05) is 13.1 Å². The van der Waals surface area contributed by atoms with Crippen molar-refractivity contribution >= 4 is 0 Å². The minimum absolute atomic E-state index is 0.165. The first-order chi connectivity index (χ1) is 8.81. The van der Waals surface area contributed by atoms with Gasteiger partial charge in [-0.2, -0.15) is 5.26 Å². The van der Waals surface area contributed by atoms with Crippen LogP contribution >= 0.6 is 0 Å². The van der Waals surface area contributed by atoms with E-state index in [0.717, 1.165) is 13.1 Å². The molecule has 1 fully saturated rings. The standard InChI is InChI=1S/C15H18F2N2/c1-15(2,17)14(12-8-19(3)9-12)11-4-10(7-18)5-13(16)6-11/h4-6,12,14H,8-9H2,1-3H3. The molecule has 0 bridgehead atoms. The van der Waals surface area contributed by atoms with E-state index in [0.29, 0.717) is 5.56 Å². The van der Waals surface area contributed by atoms with Crippen molar-refractivity contribution in [1.82, 2.24) is 4.90 Å². The summed E-state index contributed by atoms with van der Waals surface area (Å²) in [6.07, 6.45) is 0. The van der Waals surface area contributed by atoms with Gasteiger partial charge in [0.05, 0.1) is 11.6 Å². The van der Waals surface area contributed by atoms with Crippen molar-refractivity contribution in [2.45, 2.75) is 25.4 Å². The van der Waals surface area contributed by atoms with Gasteiger partial charge in [0.2, 0.25) is 0 Å². The largest absolute Gasteiger partial charge is 0.306 e. The van der Waals surface area contributed by atoms with Crippen molar-refractivity contribution in [1.29, 1.82) is 5.26 Å². The third-order valence-electron chi connectivity index (χ3n) is 3.71. The molecule has 1 unspecified atom stereocenters. The average molecular weight is 264 g/mol. The average Bonchev–Trinajstić information content (AvgIpc) is 2.24. The highest BCUT2D eigenvalue weighted by atomic mass is 19.1. The quantitative estimate of drug-likeness (QED) is 0.839. The highest BCUT2D eigenvalue weighted by Gasteiger charge is 2.42. The zero-order chi connectivity index (χ0) is 14.2. The number of nitrogens with zero attached hydrogens (tertiary/aromatic N) is 2. The SMILES string of the molecule is CN1CC(C(c2cc(F)cc(C#N)c2)C(C)(C)F)C1. The summed E-state index contributed by atoms with van der Waals surface area (Å²) in [6, 6.07) is 6.06. The summed E-state index contributed by atoms with van der Waals surface area (Å²) in [5, 5.41) is 8.90. The van der Waals surface area contributed by atoms with Gasteiger partial charge >= 0.3 is 0 Å². The lowest BCUT2D eigenvalue weighted by Gasteiger charge is -2.45. The third kappa shape index (κ3) is 2.93. The van der Waals surface area contributed by atoms with E-state index in [9.17, 15) is 8.78 Å². The maximum absolute atomic E-state index is 14.5. The van der Waals surface area contributed by atoms with Crippen molar-refractivity contribution in [2.75, 3.05) is 20.1 Å². The van der Waals surface area contributed by atoms with Crippen molar-refractivity contribution in [3.8, 4) is 6.07 Å². The lowest BCUT2D eigenvalue weighted by atomic mass is 9.73. The van der Waals surface area contributed by atoms with Crippen molar-refractivity contribution in [3.05, 3.63) is 35.1 Å². The van der Waals surface area contributed by atoms with Crippen LogP contribution in [0.3, 0.4) is 0 Å². The molecule has 0 spiro atoms. The Hall–Kier alpha value is -1.47. The van der Waals surface area contributed by atoms with Crippen LogP contribution in [-0.2, 0) is 0 Å². The molecule has 0 aliphatic carbocycles. The second-order valence-electron chi connectivity index (χ2n) is 5.91. The number of halogens is 2. The molecule has 1 saturated heterocycles. The molecule has 1 aromatic carbocycles. The van der Waals surface area contributed by atoms with Crippen LogP contribution in [0.2, 0.25) is 0 Å². The predicted molar refractivity (Wildman–Crippen MR) is 70.0 cm³/mol. The van der Waals surface area contributed by atoms with Crippen molar-refractivity contribution in [3.63, 3.8) is 0 Å². The Balaban J connectivity index is 2.39. The summed E-state index contributed by atoms with van der Waals surface area (Å²) in [5.41, 5.74) is -0.606. The van der Waals surface area contributed by atoms with Gasteiger partial charge < -0.3 is 4.90 Å². The number of hydrogen-bond acceptors (Lipinski definition) is 2. The molecule has 0 radical (unpaired) electrons. The second kappa shape index (κ2) is 4.90. The number of nitriles is 1. The first-order valence-electron chi connectivity index (χ1n) is 6.39. The normalized spacial score (nSPS) is 18.7. The summed E-state index contributed by atoms with van der Waals surface area (Å²) in [4.78, 5) is 2.11. The molecular formula is C15H18F2N2. The highest BCUT2D eigenvalue weighted by molar-refractivity contribution is 5.37. The van der Waals surface area contributed by atoms with Gasteiger partial charge in [-0.05, 0) is 50.6 Å². The molecule has 0 saturated carbocycles. The van der Waals surface area contributed by atoms with Crippen LogP contribution in [-0.4, -0.2) is 30.7 Å². The Kier molecular flexibility index (Phi) is 3.60. The predicted octanol–water partition coefficient (Wildman–Crippen LogP) is 3.09. The smallest absolute Gasteiger partial charge is 0.124 e. The van der Waals surface area contributed by atoms with E-state index in [1.165, 1.54) is 26.0 Å². The monoisotopic (exact) mass is 264 g/mol. The molecule has 1 aliphatic rings. The maximum atomic E-state index is 14.5. The van der Waals surface area contributed by atoms with E-state index in [-0.39, 0.29) is 17.4 Å². The van der Waals surface area contributed by atoms with Crippen molar-refractivity contribution in [2.24, 2.45) is 5.92 Å². The first kappa shape index (κ1) is 14.0. The number of rotatable bonds is 3. The van der Waals surface area contributed by atoms with Crippen LogP contribution in [0.1, 0.15) is 30.9 Å². The van der Waals surface area contributed by atoms with Gasteiger partial charge in [0.25, 0.3) is 0 Å². The second-order valence-corrected chi connectivity index (χ2v) is 5.91. The molecule has 0 aromatic heterocycles. The van der Waals surface area contributed by atoms with E-state index < -0.39 is 11.5 Å². The zero-order valence-electron chi connectivity index (χ0n) is 11.5. The number of alkyl halides is 1. The Morgan fingerprint density at radius 3 is 2.47 bits per heavy atom. The van der Waals surface area contributed by atoms with Crippen molar-refractivity contribution < 1.29 is 8.78 Å². The van der Waals surface area contributed by atoms with Crippen LogP contribution in [0.15, 0.2) is 18.2 Å². The summed E-state index contributed by atoms with van der Waals surface area (Å²) >= 11 is 0. The molecule has 1 aromatic rings. The van der Waals surface area contributed by atoms with E-state index in [1.54, 1.807) is 6.07 Å². The van der Waals surface area contributed by atoms with Crippen LogP contribution < -0.4 is 0 Å². The molecule has 2 nitrogen and oxygen atoms in total. The summed E-state index contributed by atoms with van der Waals surface area (Å²) in [7, 11) is 1.98. The molecule has 0 N–H and O–H groups in total. The molecule has 1 aliphatic heterocycles. The van der Waals surface area contributed by atoms with Crippen LogP contribution in [0.25, 0.3) is 0 Å². The Morgan fingerprint density at radius 2 is 2.00 bits per heavy atom. The molecule has 4 heteroatoms. The fourth-order valence-electron chi connectivity index (χ4n) is 3.04. The number of likely N-dealkylation sites (tertiary alicyclic amines) is 1. The van der Waals surface area contributed by atoms with Crippen LogP contribution in [0.5, 0.6) is 0 Å². The minimum atomic E-state index is -1.44. The van der Waals surface area contributed by atoms with Crippen LogP contribution in [0, 0.1) is 23.1 Å². The number of benzene rings is 1. The number of hydrogen-bond donors (Lipinski definition) is 0. The van der Waals surface area contributed by atoms with Gasteiger partial charge in [0, 0.05) is 19.0 Å². The zero-order valence-corrected chi connectivity index (χ0v) is 11.5. The Morgan fingerprint density at radius 1 is 1.37 bits per heavy atom. The van der Waals surface area contributed by atoms with E-state index in [4.69, 9.17) is 5.26 Å². The minimum Gasteiger partial charge on any atom is -0.306 e. The lowest BCUT2D eigenvalue weighted by Crippen LogP contribution is -2.50. The highest BCUT2D eigenvalue weighted by Crippen LogP contribution is 2.41. The van der Waals surface area contributed by atoms with Gasteiger partial charge in [0.15, 0.2) is 0 Å². The maximum Gasteiger partial charge on any atom is 0.124 e. The lowest BCUT2D eigenvalue weighted by molar-refractivity contribution is 0.0420. The fraction of sp³-hybridized carbons (Fsp3) is 0.533. The molecule has 1 heterocycles. The van der Waals surface area contributed by atoms with E-state index in [2.05, 4.69) is 4.90 Å². The topological polar surface area (TPSA) is 27.0 Å². The van der Waals surface area contributed by atoms with Gasteiger partial charge in [0.1, 0.15) is 11.5 Å². The summed E-state index contributed by atoms with van der Waals surface area (Å²) in [5.74, 6) is -0.694. The molecule has 102 valence electrons. The molecule has 2 rings (SSSR count). The van der Waals surface area contributed by atoms with Gasteiger partial charge in [-0.1, -0.05) is 0 Å². The van der Waals surface area contributed by atoms with Gasteiger partial charge in [-0.3, -0.25) is 0 Å². The summed E-state index contributed by atoms with van der Waals surface area (Å²) in [6.45, 7) is 4.65. The van der Waals surface area contributed by atoms with Gasteiger partial charge in [-0.25, -0.2) is 8.78 Å².